The summed E-state index contributed by atoms with van der Waals surface area (Å²) in [5.74, 6) is 0. The Kier molecular flexibility index (Phi) is 5.72. The molecule has 2 fully saturated rings. The molecule has 2 unspecified atom stereocenters. The zero-order chi connectivity index (χ0) is 16.2. The molecule has 2 aliphatic carbocycles. The molecule has 0 aromatic carbocycles. The van der Waals surface area contributed by atoms with E-state index in [-0.39, 0.29) is 24.2 Å². The number of carbonyl (C=O) groups is 1. The molecular formula is C17H32N2O3. The van der Waals surface area contributed by atoms with Gasteiger partial charge in [-0.3, -0.25) is 0 Å². The molecule has 3 N–H and O–H groups in total. The predicted octanol–water partition coefficient (Wildman–Crippen LogP) is 2.57. The van der Waals surface area contributed by atoms with Crippen molar-refractivity contribution in [2.45, 2.75) is 83.4 Å². The lowest BCUT2D eigenvalue weighted by Gasteiger charge is -2.28. The molecule has 22 heavy (non-hydrogen) atoms. The van der Waals surface area contributed by atoms with Gasteiger partial charge in [-0.15, -0.1) is 0 Å². The van der Waals surface area contributed by atoms with Gasteiger partial charge in [0.1, 0.15) is 5.60 Å². The molecule has 0 aromatic heterocycles. The number of aliphatic hydroxyl groups excluding tert-OH is 1. The van der Waals surface area contributed by atoms with E-state index < -0.39 is 5.60 Å². The molecule has 0 spiro atoms. The smallest absolute Gasteiger partial charge is 0.407 e. The van der Waals surface area contributed by atoms with Crippen molar-refractivity contribution in [2.75, 3.05) is 13.2 Å². The summed E-state index contributed by atoms with van der Waals surface area (Å²) in [5.41, 5.74) is -0.354. The molecule has 0 aliphatic heterocycles. The Morgan fingerprint density at radius 1 is 1.23 bits per heavy atom. The highest BCUT2D eigenvalue weighted by molar-refractivity contribution is 5.68. The molecule has 0 bridgehead atoms. The van der Waals surface area contributed by atoms with Crippen molar-refractivity contribution >= 4 is 6.09 Å². The average Bonchev–Trinajstić information content (AvgIpc) is 3.04. The molecule has 2 atom stereocenters. The number of carbonyl (C=O) groups excluding carboxylic acids is 1. The van der Waals surface area contributed by atoms with Gasteiger partial charge in [-0.1, -0.05) is 12.8 Å². The number of ether oxygens (including phenoxy) is 1. The van der Waals surface area contributed by atoms with Crippen molar-refractivity contribution in [1.82, 2.24) is 10.6 Å². The highest BCUT2D eigenvalue weighted by Crippen LogP contribution is 2.37. The van der Waals surface area contributed by atoms with Gasteiger partial charge in [0.2, 0.25) is 0 Å². The fourth-order valence-electron chi connectivity index (χ4n) is 3.65. The lowest BCUT2D eigenvalue weighted by Crippen LogP contribution is -2.41. The quantitative estimate of drug-likeness (QED) is 0.730. The van der Waals surface area contributed by atoms with Gasteiger partial charge >= 0.3 is 6.09 Å². The number of amides is 1. The van der Waals surface area contributed by atoms with Gasteiger partial charge in [-0.25, -0.2) is 4.79 Å². The van der Waals surface area contributed by atoms with Gasteiger partial charge in [0.25, 0.3) is 0 Å². The van der Waals surface area contributed by atoms with E-state index in [2.05, 4.69) is 10.6 Å². The summed E-state index contributed by atoms with van der Waals surface area (Å²) in [4.78, 5) is 11.8. The molecule has 2 rings (SSSR count). The molecular weight excluding hydrogens is 280 g/mol. The third kappa shape index (κ3) is 5.13. The van der Waals surface area contributed by atoms with E-state index in [1.54, 1.807) is 0 Å². The first-order valence-corrected chi connectivity index (χ1v) is 8.66. The van der Waals surface area contributed by atoms with Crippen molar-refractivity contribution in [2.24, 2.45) is 5.41 Å². The van der Waals surface area contributed by atoms with Crippen LogP contribution in [0.4, 0.5) is 4.79 Å². The Labute approximate surface area is 134 Å². The van der Waals surface area contributed by atoms with E-state index in [1.807, 2.05) is 20.8 Å². The van der Waals surface area contributed by atoms with Crippen molar-refractivity contribution < 1.29 is 14.6 Å². The molecule has 0 radical (unpaired) electrons. The highest BCUT2D eigenvalue weighted by Gasteiger charge is 2.35. The summed E-state index contributed by atoms with van der Waals surface area (Å²) in [6.07, 6.45) is 7.41. The second-order valence-corrected chi connectivity index (χ2v) is 8.10. The number of aliphatic hydroxyl groups is 1. The second kappa shape index (κ2) is 7.18. The third-order valence-electron chi connectivity index (χ3n) is 4.92. The summed E-state index contributed by atoms with van der Waals surface area (Å²) >= 11 is 0. The van der Waals surface area contributed by atoms with Gasteiger partial charge in [-0.2, -0.15) is 0 Å². The molecule has 128 valence electrons. The molecule has 2 aliphatic rings. The Balaban J connectivity index is 1.70. The van der Waals surface area contributed by atoms with E-state index in [1.165, 1.54) is 12.8 Å². The largest absolute Gasteiger partial charge is 0.444 e. The SMILES string of the molecule is CC(C)(C)OC(=O)NC1CCC(NCC2(CO)CCCC2)C1. The minimum Gasteiger partial charge on any atom is -0.444 e. The average molecular weight is 312 g/mol. The predicted molar refractivity (Wildman–Crippen MR) is 86.8 cm³/mol. The van der Waals surface area contributed by atoms with Crippen LogP contribution in [0.1, 0.15) is 65.7 Å². The highest BCUT2D eigenvalue weighted by atomic mass is 16.6. The van der Waals surface area contributed by atoms with Crippen molar-refractivity contribution in [3.63, 3.8) is 0 Å². The zero-order valence-corrected chi connectivity index (χ0v) is 14.3. The standard InChI is InChI=1S/C17H32N2O3/c1-16(2,3)22-15(21)19-14-7-6-13(10-14)18-11-17(12-20)8-4-5-9-17/h13-14,18,20H,4-12H2,1-3H3,(H,19,21). The van der Waals surface area contributed by atoms with Gasteiger partial charge in [0, 0.05) is 30.7 Å². The lowest BCUT2D eigenvalue weighted by molar-refractivity contribution is 0.0505. The molecule has 1 amide bonds. The van der Waals surface area contributed by atoms with Crippen LogP contribution in [0, 0.1) is 5.41 Å². The van der Waals surface area contributed by atoms with Gasteiger partial charge in [-0.05, 0) is 52.9 Å². The van der Waals surface area contributed by atoms with Crippen LogP contribution in [0.3, 0.4) is 0 Å². The Morgan fingerprint density at radius 3 is 2.45 bits per heavy atom. The first-order chi connectivity index (χ1) is 10.3. The maximum absolute atomic E-state index is 11.8. The normalized spacial score (nSPS) is 27.8. The van der Waals surface area contributed by atoms with Gasteiger partial charge in [0.05, 0.1) is 0 Å². The fraction of sp³-hybridized carbons (Fsp3) is 0.941. The first-order valence-electron chi connectivity index (χ1n) is 8.66. The summed E-state index contributed by atoms with van der Waals surface area (Å²) in [6.45, 7) is 6.81. The Hall–Kier alpha value is -0.810. The summed E-state index contributed by atoms with van der Waals surface area (Å²) < 4.78 is 5.31. The van der Waals surface area contributed by atoms with E-state index >= 15 is 0 Å². The number of alkyl carbamates (subject to hydrolysis) is 1. The molecule has 5 heteroatoms. The van der Waals surface area contributed by atoms with Crippen LogP contribution < -0.4 is 10.6 Å². The van der Waals surface area contributed by atoms with E-state index in [9.17, 15) is 9.90 Å². The van der Waals surface area contributed by atoms with Crippen LogP contribution in [0.2, 0.25) is 0 Å². The second-order valence-electron chi connectivity index (χ2n) is 8.10. The molecule has 5 nitrogen and oxygen atoms in total. The van der Waals surface area contributed by atoms with Crippen LogP contribution in [0.15, 0.2) is 0 Å². The van der Waals surface area contributed by atoms with Gasteiger partial charge < -0.3 is 20.5 Å². The Bertz CT molecular complexity index is 373. The summed E-state index contributed by atoms with van der Waals surface area (Å²) in [7, 11) is 0. The number of rotatable bonds is 5. The summed E-state index contributed by atoms with van der Waals surface area (Å²) in [6, 6.07) is 0.630. The molecule has 0 heterocycles. The minimum atomic E-state index is -0.448. The van der Waals surface area contributed by atoms with Crippen LogP contribution in [0.5, 0.6) is 0 Å². The van der Waals surface area contributed by atoms with Crippen molar-refractivity contribution in [3.05, 3.63) is 0 Å². The van der Waals surface area contributed by atoms with Crippen LogP contribution >= 0.6 is 0 Å². The summed E-state index contributed by atoms with van der Waals surface area (Å²) in [5, 5.41) is 16.2. The van der Waals surface area contributed by atoms with Crippen molar-refractivity contribution in [1.29, 1.82) is 0 Å². The molecule has 2 saturated carbocycles. The number of hydrogen-bond acceptors (Lipinski definition) is 4. The number of nitrogens with one attached hydrogen (secondary N) is 2. The van der Waals surface area contributed by atoms with Crippen LogP contribution in [-0.2, 0) is 4.74 Å². The number of hydrogen-bond donors (Lipinski definition) is 3. The fourth-order valence-corrected chi connectivity index (χ4v) is 3.65. The lowest BCUT2D eigenvalue weighted by atomic mass is 9.87. The van der Waals surface area contributed by atoms with Crippen molar-refractivity contribution in [3.8, 4) is 0 Å². The van der Waals surface area contributed by atoms with Crippen LogP contribution in [0.25, 0.3) is 0 Å². The monoisotopic (exact) mass is 312 g/mol. The Morgan fingerprint density at radius 2 is 1.86 bits per heavy atom. The van der Waals surface area contributed by atoms with Crippen LogP contribution in [-0.4, -0.2) is 42.0 Å². The maximum atomic E-state index is 11.8. The maximum Gasteiger partial charge on any atom is 0.407 e. The zero-order valence-electron chi connectivity index (χ0n) is 14.3. The molecule has 0 saturated heterocycles. The van der Waals surface area contributed by atoms with E-state index in [0.717, 1.165) is 38.6 Å². The van der Waals surface area contributed by atoms with E-state index in [4.69, 9.17) is 4.74 Å². The van der Waals surface area contributed by atoms with Gasteiger partial charge in [0.15, 0.2) is 0 Å². The minimum absolute atomic E-state index is 0.0939. The first kappa shape index (κ1) is 17.5. The topological polar surface area (TPSA) is 70.6 Å². The van der Waals surface area contributed by atoms with E-state index in [0.29, 0.717) is 6.04 Å². The third-order valence-corrected chi connectivity index (χ3v) is 4.92. The molecule has 0 aromatic rings.